The lowest BCUT2D eigenvalue weighted by molar-refractivity contribution is -0.126. The predicted molar refractivity (Wildman–Crippen MR) is 111 cm³/mol. The lowest BCUT2D eigenvalue weighted by Crippen LogP contribution is -2.36. The van der Waals surface area contributed by atoms with E-state index in [1.54, 1.807) is 42.2 Å². The van der Waals surface area contributed by atoms with Crippen LogP contribution in [0.25, 0.3) is 6.08 Å². The van der Waals surface area contributed by atoms with Crippen molar-refractivity contribution in [3.8, 4) is 0 Å². The van der Waals surface area contributed by atoms with Gasteiger partial charge in [-0.2, -0.15) is 0 Å². The summed E-state index contributed by atoms with van der Waals surface area (Å²) in [6.45, 7) is 3.52. The number of aryl methyl sites for hydroxylation is 1. The molecular formula is C20H22N6OS. The first-order chi connectivity index (χ1) is 13.7. The van der Waals surface area contributed by atoms with Crippen LogP contribution in [0.1, 0.15) is 35.7 Å². The van der Waals surface area contributed by atoms with Gasteiger partial charge >= 0.3 is 0 Å². The molecule has 0 aliphatic carbocycles. The van der Waals surface area contributed by atoms with Crippen LogP contribution < -0.4 is 5.32 Å². The van der Waals surface area contributed by atoms with E-state index in [2.05, 4.69) is 25.6 Å². The fourth-order valence-corrected chi connectivity index (χ4v) is 4.06. The van der Waals surface area contributed by atoms with Crippen LogP contribution in [0.3, 0.4) is 0 Å². The minimum Gasteiger partial charge on any atom is -0.345 e. The third-order valence-electron chi connectivity index (χ3n) is 4.91. The highest BCUT2D eigenvalue weighted by Crippen LogP contribution is 2.31. The predicted octanol–water partition coefficient (Wildman–Crippen LogP) is 3.73. The number of carbonyl (C=O) groups is 1. The molecule has 1 saturated heterocycles. The summed E-state index contributed by atoms with van der Waals surface area (Å²) in [6.07, 6.45) is 10.3. The third-order valence-corrected chi connectivity index (χ3v) is 5.68. The molecule has 8 heteroatoms. The van der Waals surface area contributed by atoms with Gasteiger partial charge in [0, 0.05) is 36.7 Å². The average Bonchev–Trinajstić information content (AvgIpc) is 3.40. The molecule has 144 valence electrons. The first-order valence-electron chi connectivity index (χ1n) is 9.28. The van der Waals surface area contributed by atoms with Gasteiger partial charge in [0.15, 0.2) is 5.13 Å². The molecule has 0 radical (unpaired) electrons. The maximum absolute atomic E-state index is 12.4. The fourth-order valence-electron chi connectivity index (χ4n) is 3.27. The average molecular weight is 395 g/mol. The van der Waals surface area contributed by atoms with Crippen molar-refractivity contribution in [2.45, 2.75) is 25.7 Å². The molecule has 4 rings (SSSR count). The van der Waals surface area contributed by atoms with E-state index in [1.165, 1.54) is 0 Å². The molecule has 0 unspecified atom stereocenters. The number of nitrogens with one attached hydrogen (secondary N) is 2. The number of amides is 1. The number of nitrogens with zero attached hydrogens (tertiary/aromatic N) is 4. The van der Waals surface area contributed by atoms with Gasteiger partial charge in [-0.25, -0.2) is 15.0 Å². The number of likely N-dealkylation sites (tertiary alicyclic amines) is 1. The second-order valence-electron chi connectivity index (χ2n) is 6.81. The Labute approximate surface area is 167 Å². The number of aromatic nitrogens is 4. The summed E-state index contributed by atoms with van der Waals surface area (Å²) >= 11 is 1.60. The zero-order chi connectivity index (χ0) is 19.3. The van der Waals surface area contributed by atoms with Crippen molar-refractivity contribution >= 4 is 34.3 Å². The molecule has 4 heterocycles. The normalized spacial score (nSPS) is 15.2. The van der Waals surface area contributed by atoms with E-state index >= 15 is 0 Å². The molecule has 0 saturated carbocycles. The highest BCUT2D eigenvalue weighted by Gasteiger charge is 2.24. The quantitative estimate of drug-likeness (QED) is 0.644. The van der Waals surface area contributed by atoms with Gasteiger partial charge in [-0.3, -0.25) is 4.79 Å². The van der Waals surface area contributed by atoms with E-state index in [9.17, 15) is 4.79 Å². The Morgan fingerprint density at radius 3 is 3.00 bits per heavy atom. The zero-order valence-electron chi connectivity index (χ0n) is 15.6. The molecule has 1 aliphatic rings. The van der Waals surface area contributed by atoms with Gasteiger partial charge in [0.25, 0.3) is 0 Å². The number of aromatic amines is 1. The van der Waals surface area contributed by atoms with E-state index < -0.39 is 0 Å². The van der Waals surface area contributed by atoms with Crippen molar-refractivity contribution in [3.63, 3.8) is 0 Å². The van der Waals surface area contributed by atoms with E-state index in [-0.39, 0.29) is 5.91 Å². The maximum Gasteiger partial charge on any atom is 0.246 e. The van der Waals surface area contributed by atoms with Crippen LogP contribution in [0.4, 0.5) is 10.9 Å². The monoisotopic (exact) mass is 394 g/mol. The first kappa shape index (κ1) is 18.4. The summed E-state index contributed by atoms with van der Waals surface area (Å²) in [6, 6.07) is 3.95. The molecule has 28 heavy (non-hydrogen) atoms. The lowest BCUT2D eigenvalue weighted by atomic mass is 9.94. The van der Waals surface area contributed by atoms with Gasteiger partial charge < -0.3 is 15.2 Å². The topological polar surface area (TPSA) is 86.8 Å². The van der Waals surface area contributed by atoms with Gasteiger partial charge in [-0.15, -0.1) is 11.3 Å². The minimum atomic E-state index is 0.0410. The number of piperidine rings is 1. The molecule has 1 aliphatic heterocycles. The van der Waals surface area contributed by atoms with Crippen LogP contribution >= 0.6 is 11.3 Å². The Kier molecular flexibility index (Phi) is 5.48. The number of thiazole rings is 1. The van der Waals surface area contributed by atoms with E-state index in [0.717, 1.165) is 53.8 Å². The number of anilines is 2. The number of carbonyl (C=O) groups excluding carboxylic acids is 1. The number of rotatable bonds is 5. The van der Waals surface area contributed by atoms with Gasteiger partial charge in [-0.1, -0.05) is 6.07 Å². The first-order valence-corrected chi connectivity index (χ1v) is 10.2. The van der Waals surface area contributed by atoms with E-state index in [4.69, 9.17) is 4.98 Å². The molecule has 1 fully saturated rings. The van der Waals surface area contributed by atoms with E-state index in [1.807, 2.05) is 24.0 Å². The Morgan fingerprint density at radius 2 is 2.25 bits per heavy atom. The largest absolute Gasteiger partial charge is 0.345 e. The number of H-pyrrole nitrogens is 1. The fraction of sp³-hybridized carbons (Fsp3) is 0.300. The highest BCUT2D eigenvalue weighted by molar-refractivity contribution is 7.13. The molecule has 0 aromatic carbocycles. The van der Waals surface area contributed by atoms with Crippen LogP contribution in [0.5, 0.6) is 0 Å². The van der Waals surface area contributed by atoms with Gasteiger partial charge in [0.05, 0.1) is 23.9 Å². The SMILES string of the molecule is Cc1cccnc1Nc1nc(C2CCN(C(=O)C=Cc3cnc[nH]3)CC2)cs1. The number of pyridine rings is 1. The highest BCUT2D eigenvalue weighted by atomic mass is 32.1. The number of imidazole rings is 1. The Morgan fingerprint density at radius 1 is 1.39 bits per heavy atom. The molecule has 0 bridgehead atoms. The van der Waals surface area contributed by atoms with Crippen LogP contribution in [0.2, 0.25) is 0 Å². The van der Waals surface area contributed by atoms with Crippen molar-refractivity contribution in [2.75, 3.05) is 18.4 Å². The Bertz CT molecular complexity index is 957. The summed E-state index contributed by atoms with van der Waals surface area (Å²) in [5, 5.41) is 6.27. The molecule has 7 nitrogen and oxygen atoms in total. The maximum atomic E-state index is 12.4. The smallest absolute Gasteiger partial charge is 0.246 e. The molecule has 0 spiro atoms. The summed E-state index contributed by atoms with van der Waals surface area (Å²) in [5.41, 5.74) is 3.02. The van der Waals surface area contributed by atoms with E-state index in [0.29, 0.717) is 5.92 Å². The zero-order valence-corrected chi connectivity index (χ0v) is 16.4. The summed E-state index contributed by atoms with van der Waals surface area (Å²) in [5.74, 6) is 1.27. The molecular weight excluding hydrogens is 372 g/mol. The Hall–Kier alpha value is -3.00. The minimum absolute atomic E-state index is 0.0410. The van der Waals surface area contributed by atoms with Gasteiger partial charge in [0.2, 0.25) is 5.91 Å². The Balaban J connectivity index is 1.32. The van der Waals surface area contributed by atoms with Crippen LogP contribution in [0, 0.1) is 6.92 Å². The standard InChI is InChI=1S/C20H22N6OS/c1-14-3-2-8-22-19(14)25-20-24-17(12-28-20)15-6-9-26(10-7-15)18(27)5-4-16-11-21-13-23-16/h2-5,8,11-13,15H,6-7,9-10H2,1H3,(H,21,23)(H,22,24,25). The molecule has 3 aromatic heterocycles. The lowest BCUT2D eigenvalue weighted by Gasteiger charge is -2.30. The summed E-state index contributed by atoms with van der Waals surface area (Å²) in [4.78, 5) is 30.3. The van der Waals surface area contributed by atoms with Crippen molar-refractivity contribution < 1.29 is 4.79 Å². The molecule has 3 aromatic rings. The molecule has 2 N–H and O–H groups in total. The molecule has 0 atom stereocenters. The summed E-state index contributed by atoms with van der Waals surface area (Å²) in [7, 11) is 0. The second-order valence-corrected chi connectivity index (χ2v) is 7.67. The third kappa shape index (κ3) is 4.28. The van der Waals surface area contributed by atoms with Crippen LogP contribution in [-0.2, 0) is 4.79 Å². The van der Waals surface area contributed by atoms with Crippen molar-refractivity contribution in [1.82, 2.24) is 24.8 Å². The van der Waals surface area contributed by atoms with Gasteiger partial charge in [-0.05, 0) is 37.5 Å². The van der Waals surface area contributed by atoms with Gasteiger partial charge in [0.1, 0.15) is 5.82 Å². The number of hydrogen-bond acceptors (Lipinski definition) is 6. The summed E-state index contributed by atoms with van der Waals surface area (Å²) < 4.78 is 0. The van der Waals surface area contributed by atoms with Crippen LogP contribution in [-0.4, -0.2) is 43.8 Å². The van der Waals surface area contributed by atoms with Crippen molar-refractivity contribution in [3.05, 3.63) is 59.3 Å². The van der Waals surface area contributed by atoms with Crippen LogP contribution in [0.15, 0.2) is 42.3 Å². The second kappa shape index (κ2) is 8.35. The molecule has 1 amide bonds. The van der Waals surface area contributed by atoms with Crippen molar-refractivity contribution in [1.29, 1.82) is 0 Å². The van der Waals surface area contributed by atoms with Crippen molar-refractivity contribution in [2.24, 2.45) is 0 Å². The number of hydrogen-bond donors (Lipinski definition) is 2.